The predicted octanol–water partition coefficient (Wildman–Crippen LogP) is 3.58. The van der Waals surface area contributed by atoms with E-state index in [9.17, 15) is 4.79 Å². The Kier molecular flexibility index (Phi) is 4.83. The first-order valence-corrected chi connectivity index (χ1v) is 7.74. The van der Waals surface area contributed by atoms with Gasteiger partial charge in [-0.3, -0.25) is 9.48 Å². The first-order valence-electron chi connectivity index (χ1n) is 6.55. The van der Waals surface area contributed by atoms with Gasteiger partial charge in [0.1, 0.15) is 0 Å². The second-order valence-corrected chi connectivity index (χ2v) is 6.80. The van der Waals surface area contributed by atoms with Gasteiger partial charge in [-0.15, -0.1) is 11.3 Å². The van der Waals surface area contributed by atoms with E-state index in [4.69, 9.17) is 11.6 Å². The lowest BCUT2D eigenvalue weighted by molar-refractivity contribution is 0.0946. The van der Waals surface area contributed by atoms with Gasteiger partial charge in [-0.1, -0.05) is 25.4 Å². The second-order valence-electron chi connectivity index (χ2n) is 5.08. The average Bonchev–Trinajstić information content (AvgIpc) is 2.94. The number of nitrogens with one attached hydrogen (secondary N) is 1. The molecule has 108 valence electrons. The van der Waals surface area contributed by atoms with E-state index in [1.54, 1.807) is 10.7 Å². The predicted molar refractivity (Wildman–Crippen MR) is 83.3 cm³/mol. The Bertz CT molecular complexity index is 603. The minimum absolute atomic E-state index is 0.129. The molecule has 0 aliphatic carbocycles. The van der Waals surface area contributed by atoms with Crippen LogP contribution in [0.2, 0.25) is 4.34 Å². The summed E-state index contributed by atoms with van der Waals surface area (Å²) in [5.41, 5.74) is 1.34. The van der Waals surface area contributed by atoms with E-state index in [0.717, 1.165) is 21.3 Å². The zero-order valence-corrected chi connectivity index (χ0v) is 13.4. The fourth-order valence-corrected chi connectivity index (χ4v) is 2.92. The molecule has 1 N–H and O–H groups in total. The molecule has 0 fully saturated rings. The van der Waals surface area contributed by atoms with Crippen molar-refractivity contribution in [1.82, 2.24) is 15.1 Å². The van der Waals surface area contributed by atoms with Crippen molar-refractivity contribution in [3.8, 4) is 10.6 Å². The van der Waals surface area contributed by atoms with Crippen LogP contribution in [0.15, 0.2) is 18.2 Å². The molecule has 6 heteroatoms. The van der Waals surface area contributed by atoms with Gasteiger partial charge in [-0.2, -0.15) is 5.10 Å². The van der Waals surface area contributed by atoms with E-state index in [1.807, 2.05) is 19.2 Å². The smallest absolute Gasteiger partial charge is 0.271 e. The third kappa shape index (κ3) is 3.61. The second kappa shape index (κ2) is 6.41. The molecule has 0 bridgehead atoms. The number of hydrogen-bond donors (Lipinski definition) is 1. The summed E-state index contributed by atoms with van der Waals surface area (Å²) in [7, 11) is 1.83. The number of aryl methyl sites for hydroxylation is 1. The van der Waals surface area contributed by atoms with Crippen molar-refractivity contribution in [2.45, 2.75) is 20.3 Å². The van der Waals surface area contributed by atoms with Gasteiger partial charge in [0.25, 0.3) is 5.91 Å². The fraction of sp³-hybridized carbons (Fsp3) is 0.429. The Morgan fingerprint density at radius 3 is 2.85 bits per heavy atom. The number of hydrogen-bond acceptors (Lipinski definition) is 3. The van der Waals surface area contributed by atoms with Crippen LogP contribution in [0.4, 0.5) is 0 Å². The SMILES string of the molecule is CC(C)CCNC(=O)c1cc(-c2ccc(Cl)s2)n(C)n1. The molecule has 0 aromatic carbocycles. The number of carbonyl (C=O) groups is 1. The molecular formula is C14H18ClN3OS. The van der Waals surface area contributed by atoms with Gasteiger partial charge in [0, 0.05) is 13.6 Å². The molecule has 4 nitrogen and oxygen atoms in total. The van der Waals surface area contributed by atoms with Crippen molar-refractivity contribution in [3.63, 3.8) is 0 Å². The molecule has 2 aromatic rings. The summed E-state index contributed by atoms with van der Waals surface area (Å²) < 4.78 is 2.43. The summed E-state index contributed by atoms with van der Waals surface area (Å²) in [6.07, 6.45) is 0.964. The quantitative estimate of drug-likeness (QED) is 0.917. The molecule has 0 radical (unpaired) electrons. The average molecular weight is 312 g/mol. The van der Waals surface area contributed by atoms with Crippen LogP contribution in [0, 0.1) is 5.92 Å². The monoisotopic (exact) mass is 311 g/mol. The number of carbonyl (C=O) groups excluding carboxylic acids is 1. The van der Waals surface area contributed by atoms with E-state index >= 15 is 0 Å². The van der Waals surface area contributed by atoms with E-state index in [0.29, 0.717) is 18.2 Å². The summed E-state index contributed by atoms with van der Waals surface area (Å²) in [6, 6.07) is 5.58. The van der Waals surface area contributed by atoms with E-state index in [1.165, 1.54) is 11.3 Å². The first kappa shape index (κ1) is 15.1. The fourth-order valence-electron chi connectivity index (χ4n) is 1.83. The Morgan fingerprint density at radius 1 is 1.50 bits per heavy atom. The summed E-state index contributed by atoms with van der Waals surface area (Å²) in [6.45, 7) is 4.93. The molecule has 0 saturated heterocycles. The van der Waals surface area contributed by atoms with Gasteiger partial charge in [0.15, 0.2) is 5.69 Å². The van der Waals surface area contributed by atoms with Crippen molar-refractivity contribution in [3.05, 3.63) is 28.2 Å². The Morgan fingerprint density at radius 2 is 2.25 bits per heavy atom. The number of amides is 1. The zero-order chi connectivity index (χ0) is 14.7. The molecule has 1 amide bonds. The van der Waals surface area contributed by atoms with Crippen LogP contribution >= 0.6 is 22.9 Å². The number of aromatic nitrogens is 2. The topological polar surface area (TPSA) is 46.9 Å². The largest absolute Gasteiger partial charge is 0.351 e. The van der Waals surface area contributed by atoms with Crippen LogP contribution in [-0.4, -0.2) is 22.2 Å². The molecule has 2 aromatic heterocycles. The van der Waals surface area contributed by atoms with E-state index in [-0.39, 0.29) is 5.91 Å². The van der Waals surface area contributed by atoms with Crippen LogP contribution in [0.5, 0.6) is 0 Å². The molecule has 0 aliphatic heterocycles. The Labute approximate surface area is 127 Å². The van der Waals surface area contributed by atoms with Gasteiger partial charge in [-0.05, 0) is 30.5 Å². The van der Waals surface area contributed by atoms with Crippen molar-refractivity contribution >= 4 is 28.8 Å². The molecular weight excluding hydrogens is 294 g/mol. The maximum Gasteiger partial charge on any atom is 0.271 e. The summed E-state index contributed by atoms with van der Waals surface area (Å²) in [4.78, 5) is 13.0. The molecule has 0 unspecified atom stereocenters. The highest BCUT2D eigenvalue weighted by Crippen LogP contribution is 2.30. The highest BCUT2D eigenvalue weighted by Gasteiger charge is 2.14. The summed E-state index contributed by atoms with van der Waals surface area (Å²) >= 11 is 7.41. The molecule has 0 atom stereocenters. The van der Waals surface area contributed by atoms with Gasteiger partial charge in [-0.25, -0.2) is 0 Å². The van der Waals surface area contributed by atoms with Crippen LogP contribution in [0.25, 0.3) is 10.6 Å². The molecule has 0 saturated carbocycles. The maximum atomic E-state index is 12.0. The molecule has 2 rings (SSSR count). The Balaban J connectivity index is 2.09. The van der Waals surface area contributed by atoms with Crippen LogP contribution in [0.1, 0.15) is 30.8 Å². The molecule has 20 heavy (non-hydrogen) atoms. The van der Waals surface area contributed by atoms with Crippen molar-refractivity contribution in [1.29, 1.82) is 0 Å². The minimum Gasteiger partial charge on any atom is -0.351 e. The first-order chi connectivity index (χ1) is 9.47. The highest BCUT2D eigenvalue weighted by molar-refractivity contribution is 7.19. The number of nitrogens with zero attached hydrogens (tertiary/aromatic N) is 2. The van der Waals surface area contributed by atoms with E-state index in [2.05, 4.69) is 24.3 Å². The third-order valence-electron chi connectivity index (χ3n) is 2.95. The lowest BCUT2D eigenvalue weighted by Crippen LogP contribution is -2.25. The van der Waals surface area contributed by atoms with Gasteiger partial charge < -0.3 is 5.32 Å². The zero-order valence-electron chi connectivity index (χ0n) is 11.8. The van der Waals surface area contributed by atoms with E-state index < -0.39 is 0 Å². The number of rotatable bonds is 5. The van der Waals surface area contributed by atoms with Crippen LogP contribution < -0.4 is 5.32 Å². The normalized spacial score (nSPS) is 11.1. The summed E-state index contributed by atoms with van der Waals surface area (Å²) in [5.74, 6) is 0.443. The van der Waals surface area contributed by atoms with Gasteiger partial charge in [0.2, 0.25) is 0 Å². The van der Waals surface area contributed by atoms with Crippen LogP contribution in [-0.2, 0) is 7.05 Å². The number of thiophene rings is 1. The van der Waals surface area contributed by atoms with Gasteiger partial charge >= 0.3 is 0 Å². The van der Waals surface area contributed by atoms with Crippen LogP contribution in [0.3, 0.4) is 0 Å². The number of halogens is 1. The lowest BCUT2D eigenvalue weighted by atomic mass is 10.1. The summed E-state index contributed by atoms with van der Waals surface area (Å²) in [5, 5.41) is 7.15. The third-order valence-corrected chi connectivity index (χ3v) is 4.20. The van der Waals surface area contributed by atoms with Crippen molar-refractivity contribution in [2.75, 3.05) is 6.54 Å². The van der Waals surface area contributed by atoms with Crippen molar-refractivity contribution in [2.24, 2.45) is 13.0 Å². The van der Waals surface area contributed by atoms with Gasteiger partial charge in [0.05, 0.1) is 14.9 Å². The molecule has 2 heterocycles. The molecule has 0 aliphatic rings. The van der Waals surface area contributed by atoms with Crippen molar-refractivity contribution < 1.29 is 4.79 Å². The maximum absolute atomic E-state index is 12.0. The minimum atomic E-state index is -0.129. The molecule has 0 spiro atoms. The Hall–Kier alpha value is -1.33. The lowest BCUT2D eigenvalue weighted by Gasteiger charge is -2.05. The highest BCUT2D eigenvalue weighted by atomic mass is 35.5. The standard InChI is InChI=1S/C14H18ClN3OS/c1-9(2)6-7-16-14(19)10-8-11(18(3)17-10)12-4-5-13(15)20-12/h4-5,8-9H,6-7H2,1-3H3,(H,16,19).